The molecule has 0 saturated carbocycles. The highest BCUT2D eigenvalue weighted by Gasteiger charge is 2.22. The molecule has 0 amide bonds. The SMILES string of the molecule is COc1ccc(C[NH+]2CCN(c3ccccc3F)CC2)cc1OC. The number of rotatable bonds is 5. The topological polar surface area (TPSA) is 26.1 Å². The van der Waals surface area contributed by atoms with Gasteiger partial charge in [0.05, 0.1) is 46.1 Å². The molecule has 2 aromatic carbocycles. The van der Waals surface area contributed by atoms with Crippen LogP contribution >= 0.6 is 0 Å². The van der Waals surface area contributed by atoms with Crippen LogP contribution in [0.1, 0.15) is 5.56 Å². The van der Waals surface area contributed by atoms with E-state index in [0.29, 0.717) is 5.69 Å². The van der Waals surface area contributed by atoms with E-state index in [9.17, 15) is 4.39 Å². The van der Waals surface area contributed by atoms with Gasteiger partial charge < -0.3 is 19.3 Å². The number of piperazine rings is 1. The smallest absolute Gasteiger partial charge is 0.161 e. The number of halogens is 1. The Labute approximate surface area is 142 Å². The highest BCUT2D eigenvalue weighted by molar-refractivity contribution is 5.47. The number of nitrogens with zero attached hydrogens (tertiary/aromatic N) is 1. The predicted octanol–water partition coefficient (Wildman–Crippen LogP) is 1.75. The summed E-state index contributed by atoms with van der Waals surface area (Å²) in [6.07, 6.45) is 0. The Morgan fingerprint density at radius 3 is 2.38 bits per heavy atom. The minimum absolute atomic E-state index is 0.138. The average molecular weight is 331 g/mol. The molecule has 128 valence electrons. The molecule has 1 fully saturated rings. The molecule has 4 nitrogen and oxygen atoms in total. The van der Waals surface area contributed by atoms with Gasteiger partial charge in [-0.15, -0.1) is 0 Å². The average Bonchev–Trinajstić information content (AvgIpc) is 2.63. The Hall–Kier alpha value is -2.27. The van der Waals surface area contributed by atoms with Gasteiger partial charge in [0.2, 0.25) is 0 Å². The van der Waals surface area contributed by atoms with Crippen molar-refractivity contribution in [1.82, 2.24) is 0 Å². The van der Waals surface area contributed by atoms with Gasteiger partial charge in [-0.25, -0.2) is 4.39 Å². The normalized spacial score (nSPS) is 15.4. The van der Waals surface area contributed by atoms with E-state index in [1.54, 1.807) is 20.3 Å². The van der Waals surface area contributed by atoms with Crippen LogP contribution in [0.2, 0.25) is 0 Å². The molecule has 1 heterocycles. The predicted molar refractivity (Wildman–Crippen MR) is 92.6 cm³/mol. The fourth-order valence-corrected chi connectivity index (χ4v) is 3.23. The van der Waals surface area contributed by atoms with E-state index in [2.05, 4.69) is 11.0 Å². The number of quaternary nitrogens is 1. The van der Waals surface area contributed by atoms with Crippen molar-refractivity contribution in [2.75, 3.05) is 45.3 Å². The molecule has 1 aliphatic rings. The molecular weight excluding hydrogens is 307 g/mol. The van der Waals surface area contributed by atoms with Crippen molar-refractivity contribution >= 4 is 5.69 Å². The van der Waals surface area contributed by atoms with Crippen molar-refractivity contribution in [2.24, 2.45) is 0 Å². The van der Waals surface area contributed by atoms with Crippen molar-refractivity contribution in [1.29, 1.82) is 0 Å². The highest BCUT2D eigenvalue weighted by atomic mass is 19.1. The zero-order valence-electron chi connectivity index (χ0n) is 14.2. The molecule has 2 aromatic rings. The zero-order chi connectivity index (χ0) is 16.9. The fraction of sp³-hybridized carbons (Fsp3) is 0.368. The van der Waals surface area contributed by atoms with Crippen LogP contribution in [0.3, 0.4) is 0 Å². The monoisotopic (exact) mass is 331 g/mol. The van der Waals surface area contributed by atoms with Gasteiger partial charge in [-0.2, -0.15) is 0 Å². The zero-order valence-corrected chi connectivity index (χ0v) is 14.2. The summed E-state index contributed by atoms with van der Waals surface area (Å²) in [6, 6.07) is 13.1. The maximum Gasteiger partial charge on any atom is 0.161 e. The van der Waals surface area contributed by atoms with Gasteiger partial charge in [0, 0.05) is 5.56 Å². The minimum atomic E-state index is -0.138. The van der Waals surface area contributed by atoms with Crippen LogP contribution in [-0.2, 0) is 6.54 Å². The quantitative estimate of drug-likeness (QED) is 0.904. The number of hydrogen-bond donors (Lipinski definition) is 1. The van der Waals surface area contributed by atoms with Gasteiger partial charge in [-0.05, 0) is 30.3 Å². The first-order valence-corrected chi connectivity index (χ1v) is 8.25. The summed E-state index contributed by atoms with van der Waals surface area (Å²) >= 11 is 0. The number of anilines is 1. The van der Waals surface area contributed by atoms with Crippen LogP contribution in [0.25, 0.3) is 0 Å². The Bertz CT molecular complexity index is 685. The summed E-state index contributed by atoms with van der Waals surface area (Å²) in [6.45, 7) is 4.64. The molecular formula is C19H24FN2O2+. The first-order chi connectivity index (χ1) is 11.7. The number of benzene rings is 2. The molecule has 3 rings (SSSR count). The van der Waals surface area contributed by atoms with Crippen molar-refractivity contribution in [2.45, 2.75) is 6.54 Å². The highest BCUT2D eigenvalue weighted by Crippen LogP contribution is 2.27. The molecule has 1 N–H and O–H groups in total. The Kier molecular flexibility index (Phi) is 5.20. The van der Waals surface area contributed by atoms with Crippen LogP contribution < -0.4 is 19.3 Å². The molecule has 0 bridgehead atoms. The van der Waals surface area contributed by atoms with Crippen molar-refractivity contribution in [3.8, 4) is 11.5 Å². The van der Waals surface area contributed by atoms with Crippen LogP contribution in [0.4, 0.5) is 10.1 Å². The summed E-state index contributed by atoms with van der Waals surface area (Å²) in [4.78, 5) is 3.63. The van der Waals surface area contributed by atoms with Crippen molar-refractivity contribution in [3.05, 3.63) is 53.8 Å². The van der Waals surface area contributed by atoms with E-state index in [1.165, 1.54) is 16.5 Å². The van der Waals surface area contributed by atoms with Crippen LogP contribution in [0.5, 0.6) is 11.5 Å². The third kappa shape index (κ3) is 3.62. The molecule has 0 radical (unpaired) electrons. The lowest BCUT2D eigenvalue weighted by Gasteiger charge is -2.33. The van der Waals surface area contributed by atoms with Crippen molar-refractivity contribution < 1.29 is 18.8 Å². The second-order valence-electron chi connectivity index (χ2n) is 6.05. The lowest BCUT2D eigenvalue weighted by molar-refractivity contribution is -0.914. The van der Waals surface area contributed by atoms with Gasteiger partial charge in [0.1, 0.15) is 12.4 Å². The van der Waals surface area contributed by atoms with E-state index < -0.39 is 0 Å². The summed E-state index contributed by atoms with van der Waals surface area (Å²) in [5.41, 5.74) is 1.93. The maximum absolute atomic E-state index is 13.9. The molecule has 5 heteroatoms. The fourth-order valence-electron chi connectivity index (χ4n) is 3.23. The first-order valence-electron chi connectivity index (χ1n) is 8.25. The molecule has 0 atom stereocenters. The Morgan fingerprint density at radius 1 is 1.00 bits per heavy atom. The van der Waals surface area contributed by atoms with E-state index in [4.69, 9.17) is 9.47 Å². The third-order valence-electron chi connectivity index (χ3n) is 4.57. The summed E-state index contributed by atoms with van der Waals surface area (Å²) in [7, 11) is 3.30. The molecule has 0 unspecified atom stereocenters. The lowest BCUT2D eigenvalue weighted by atomic mass is 10.1. The van der Waals surface area contributed by atoms with Gasteiger partial charge in [-0.3, -0.25) is 0 Å². The number of hydrogen-bond acceptors (Lipinski definition) is 3. The third-order valence-corrected chi connectivity index (χ3v) is 4.57. The Balaban J connectivity index is 1.60. The molecule has 24 heavy (non-hydrogen) atoms. The molecule has 1 saturated heterocycles. The van der Waals surface area contributed by atoms with Crippen LogP contribution in [-0.4, -0.2) is 40.4 Å². The minimum Gasteiger partial charge on any atom is -0.493 e. The molecule has 0 spiro atoms. The van der Waals surface area contributed by atoms with Gasteiger partial charge >= 0.3 is 0 Å². The van der Waals surface area contributed by atoms with Gasteiger partial charge in [0.15, 0.2) is 11.5 Å². The summed E-state index contributed by atoms with van der Waals surface area (Å²) in [5.74, 6) is 1.38. The lowest BCUT2D eigenvalue weighted by Crippen LogP contribution is -3.13. The van der Waals surface area contributed by atoms with Gasteiger partial charge in [0.25, 0.3) is 0 Å². The molecule has 1 aliphatic heterocycles. The molecule has 0 aliphatic carbocycles. The standard InChI is InChI=1S/C19H23FN2O2/c1-23-18-8-7-15(13-19(18)24-2)14-21-9-11-22(12-10-21)17-6-4-3-5-16(17)20/h3-8,13H,9-12,14H2,1-2H3/p+1. The van der Waals surface area contributed by atoms with Crippen LogP contribution in [0, 0.1) is 5.82 Å². The number of para-hydroxylation sites is 1. The number of ether oxygens (including phenoxy) is 2. The number of methoxy groups -OCH3 is 2. The molecule has 0 aromatic heterocycles. The van der Waals surface area contributed by atoms with Crippen molar-refractivity contribution in [3.63, 3.8) is 0 Å². The van der Waals surface area contributed by atoms with Crippen LogP contribution in [0.15, 0.2) is 42.5 Å². The first kappa shape index (κ1) is 16.6. The van der Waals surface area contributed by atoms with E-state index in [1.807, 2.05) is 24.3 Å². The largest absolute Gasteiger partial charge is 0.493 e. The van der Waals surface area contributed by atoms with E-state index >= 15 is 0 Å². The maximum atomic E-state index is 13.9. The summed E-state index contributed by atoms with van der Waals surface area (Å²) in [5, 5.41) is 0. The second kappa shape index (κ2) is 7.53. The summed E-state index contributed by atoms with van der Waals surface area (Å²) < 4.78 is 24.6. The van der Waals surface area contributed by atoms with E-state index in [0.717, 1.165) is 44.2 Å². The number of nitrogens with one attached hydrogen (secondary N) is 1. The van der Waals surface area contributed by atoms with Gasteiger partial charge in [-0.1, -0.05) is 12.1 Å². The Morgan fingerprint density at radius 2 is 1.71 bits per heavy atom. The van der Waals surface area contributed by atoms with E-state index in [-0.39, 0.29) is 5.82 Å². The second-order valence-corrected chi connectivity index (χ2v) is 6.05.